The van der Waals surface area contributed by atoms with Crippen molar-refractivity contribution >= 4 is 0 Å². The van der Waals surface area contributed by atoms with Crippen molar-refractivity contribution in [1.29, 1.82) is 0 Å². The summed E-state index contributed by atoms with van der Waals surface area (Å²) in [4.78, 5) is 6.07. The van der Waals surface area contributed by atoms with Crippen LogP contribution in [0.1, 0.15) is 427 Å². The molecule has 0 unspecified atom stereocenters. The fourth-order valence-electron chi connectivity index (χ4n) is 15.0. The Morgan fingerprint density at radius 3 is 0.661 bits per heavy atom. The SMILES string of the molecule is CCCCCCCCCCCCOc1cc(-c2[nH]c(-c3cc(-c4[nH]c(-c5cc(OCCCCCCCCCCCC)c(OCCCCCCCCCCCC)c(OCCCCCCCCCCCC)c5)c(F)c4F)[nH]n3)c(F)c2F)cc(OCCCCCCCCCCCC)c1OCCCCCCCCCCCC. The molecular weight excluding hydrogens is 1370 g/mol. The lowest BCUT2D eigenvalue weighted by atomic mass is 10.1. The van der Waals surface area contributed by atoms with Crippen LogP contribution >= 0.6 is 0 Å². The molecule has 0 atom stereocenters. The Kier molecular flexibility index (Phi) is 54.7. The predicted molar refractivity (Wildman–Crippen MR) is 453 cm³/mol. The minimum atomic E-state index is -1.17. The molecule has 0 radical (unpaired) electrons. The van der Waals surface area contributed by atoms with Gasteiger partial charge in [-0.3, -0.25) is 5.10 Å². The Bertz CT molecular complexity index is 2710. The quantitative estimate of drug-likeness (QED) is 0.0262. The van der Waals surface area contributed by atoms with Crippen molar-refractivity contribution in [2.45, 2.75) is 427 Å². The highest BCUT2D eigenvalue weighted by molar-refractivity contribution is 5.76. The highest BCUT2D eigenvalue weighted by Gasteiger charge is 2.29. The Morgan fingerprint density at radius 2 is 0.422 bits per heavy atom. The maximum Gasteiger partial charge on any atom is 0.203 e. The lowest BCUT2D eigenvalue weighted by Crippen LogP contribution is -2.07. The van der Waals surface area contributed by atoms with Gasteiger partial charge in [0.15, 0.2) is 46.3 Å². The second-order valence-corrected chi connectivity index (χ2v) is 32.0. The molecule has 0 fully saturated rings. The van der Waals surface area contributed by atoms with Crippen LogP contribution in [0.3, 0.4) is 0 Å². The Balaban J connectivity index is 1.45. The number of aromatic amines is 3. The molecule has 3 heterocycles. The molecule has 0 amide bonds. The van der Waals surface area contributed by atoms with Crippen LogP contribution in [-0.2, 0) is 0 Å². The molecule has 14 heteroatoms. The molecule has 0 aliphatic heterocycles. The maximum absolute atomic E-state index is 16.9. The number of rotatable bonds is 76. The number of benzene rings is 2. The molecule has 0 aliphatic rings. The summed E-state index contributed by atoms with van der Waals surface area (Å²) in [6.07, 6.45) is 71.3. The van der Waals surface area contributed by atoms with Gasteiger partial charge < -0.3 is 38.4 Å². The number of nitrogens with one attached hydrogen (secondary N) is 3. The van der Waals surface area contributed by atoms with Crippen LogP contribution in [-0.4, -0.2) is 59.8 Å². The molecule has 10 nitrogen and oxygen atoms in total. The third-order valence-corrected chi connectivity index (χ3v) is 22.0. The largest absolute Gasteiger partial charge is 0.490 e. The van der Waals surface area contributed by atoms with Gasteiger partial charge in [0.25, 0.3) is 0 Å². The molecule has 3 aromatic heterocycles. The molecule has 0 spiro atoms. The first-order valence-electron chi connectivity index (χ1n) is 46.0. The zero-order chi connectivity index (χ0) is 77.7. The number of nitrogens with zero attached hydrogens (tertiary/aromatic N) is 1. The van der Waals surface area contributed by atoms with Crippen LogP contribution in [0.2, 0.25) is 0 Å². The van der Waals surface area contributed by atoms with Crippen LogP contribution in [0.25, 0.3) is 45.3 Å². The van der Waals surface area contributed by atoms with Crippen molar-refractivity contribution in [1.82, 2.24) is 20.2 Å². The fourth-order valence-corrected chi connectivity index (χ4v) is 15.0. The zero-order valence-electron chi connectivity index (χ0n) is 70.5. The van der Waals surface area contributed by atoms with Gasteiger partial charge >= 0.3 is 0 Å². The fraction of sp³-hybridized carbons (Fsp3) is 0.758. The number of ether oxygens (including phenoxy) is 6. The molecule has 0 saturated carbocycles. The number of hydrogen-bond donors (Lipinski definition) is 3. The number of halogens is 4. The van der Waals surface area contributed by atoms with Gasteiger partial charge in [-0.05, 0) is 68.9 Å². The van der Waals surface area contributed by atoms with Crippen molar-refractivity contribution in [2.24, 2.45) is 0 Å². The van der Waals surface area contributed by atoms with E-state index in [1.807, 2.05) is 0 Å². The topological polar surface area (TPSA) is 116 Å². The summed E-state index contributed by atoms with van der Waals surface area (Å²) < 4.78 is 107. The normalized spacial score (nSPS) is 11.6. The van der Waals surface area contributed by atoms with E-state index in [-0.39, 0.29) is 34.2 Å². The third kappa shape index (κ3) is 39.9. The standard InChI is InChI=1S/C95H158F4N4O6/c1-7-13-19-25-31-37-43-49-55-61-67-104-82-73-78(74-83(105-68-62-56-50-44-38-32-26-20-14-8-2)94(82)108-71-65-59-53-47-41-35-29-23-17-11-5)90-86(96)88(98)92(100-90)80-77-81(103-102-80)93-89(99)87(97)91(101-93)79-75-84(106-69-63-57-51-45-39-33-27-21-15-9-3)95(109-72-66-60-54-48-42-36-30-24-18-12-6)85(76-79)107-70-64-58-52-46-40-34-28-22-16-10-4/h73-77,100-101H,7-72H2,1-6H3,(H,102,103). The number of H-pyrrole nitrogens is 3. The molecule has 0 aliphatic carbocycles. The monoisotopic (exact) mass is 1530 g/mol. The van der Waals surface area contributed by atoms with E-state index in [9.17, 15) is 0 Å². The smallest absolute Gasteiger partial charge is 0.203 e. The van der Waals surface area contributed by atoms with E-state index in [1.165, 1.54) is 276 Å². The van der Waals surface area contributed by atoms with Crippen molar-refractivity contribution < 1.29 is 46.0 Å². The van der Waals surface area contributed by atoms with Gasteiger partial charge in [-0.2, -0.15) is 5.10 Å². The minimum absolute atomic E-state index is 0.0332. The Hall–Kier alpha value is -5.27. The number of hydrogen-bond acceptors (Lipinski definition) is 7. The summed E-state index contributed by atoms with van der Waals surface area (Å²) in [5.41, 5.74) is -0.0983. The predicted octanol–water partition coefficient (Wildman–Crippen LogP) is 32.1. The highest BCUT2D eigenvalue weighted by atomic mass is 19.2. The first kappa shape index (κ1) is 94.3. The summed E-state index contributed by atoms with van der Waals surface area (Å²) in [6.45, 7) is 16.2. The van der Waals surface area contributed by atoms with Crippen LogP contribution in [0.5, 0.6) is 34.5 Å². The Labute approximate surface area is 662 Å². The number of unbranched alkanes of at least 4 members (excludes halogenated alkanes) is 54. The van der Waals surface area contributed by atoms with E-state index in [1.54, 1.807) is 24.3 Å². The van der Waals surface area contributed by atoms with Crippen LogP contribution in [0, 0.1) is 23.3 Å². The van der Waals surface area contributed by atoms with Crippen molar-refractivity contribution in [3.05, 3.63) is 53.6 Å². The lowest BCUT2D eigenvalue weighted by molar-refractivity contribution is 0.234. The summed E-state index contributed by atoms with van der Waals surface area (Å²) in [5.74, 6) is -1.91. The van der Waals surface area contributed by atoms with Gasteiger partial charge in [-0.15, -0.1) is 0 Å². The van der Waals surface area contributed by atoms with Crippen molar-refractivity contribution in [2.75, 3.05) is 39.6 Å². The summed E-state index contributed by atoms with van der Waals surface area (Å²) in [6, 6.07) is 8.31. The third-order valence-electron chi connectivity index (χ3n) is 22.0. The van der Waals surface area contributed by atoms with Crippen molar-refractivity contribution in [3.8, 4) is 79.8 Å². The van der Waals surface area contributed by atoms with Gasteiger partial charge in [0.1, 0.15) is 17.1 Å². The molecule has 3 N–H and O–H groups in total. The van der Waals surface area contributed by atoms with Crippen LogP contribution in [0.4, 0.5) is 17.6 Å². The van der Waals surface area contributed by atoms with Gasteiger partial charge in [-0.25, -0.2) is 17.6 Å². The van der Waals surface area contributed by atoms with E-state index >= 15 is 17.6 Å². The summed E-state index contributed by atoms with van der Waals surface area (Å²) in [7, 11) is 0. The van der Waals surface area contributed by atoms with Gasteiger partial charge in [0, 0.05) is 11.1 Å². The molecule has 0 saturated heterocycles. The summed E-state index contributed by atoms with van der Waals surface area (Å²) in [5, 5.41) is 7.23. The zero-order valence-corrected chi connectivity index (χ0v) is 70.5. The lowest BCUT2D eigenvalue weighted by Gasteiger charge is -2.19. The van der Waals surface area contributed by atoms with Gasteiger partial charge in [0.05, 0.1) is 56.7 Å². The van der Waals surface area contributed by atoms with E-state index in [2.05, 4.69) is 61.7 Å². The minimum Gasteiger partial charge on any atom is -0.490 e. The molecule has 622 valence electrons. The van der Waals surface area contributed by atoms with Crippen molar-refractivity contribution in [3.63, 3.8) is 0 Å². The van der Waals surface area contributed by atoms with E-state index in [4.69, 9.17) is 28.4 Å². The van der Waals surface area contributed by atoms with Crippen LogP contribution < -0.4 is 28.4 Å². The summed E-state index contributed by atoms with van der Waals surface area (Å²) >= 11 is 0. The average Bonchev–Trinajstić information content (AvgIpc) is 1.63. The first-order valence-corrected chi connectivity index (χ1v) is 46.0. The average molecular weight is 1530 g/mol. The molecule has 109 heavy (non-hydrogen) atoms. The maximum atomic E-state index is 16.9. The van der Waals surface area contributed by atoms with E-state index < -0.39 is 23.3 Å². The molecule has 5 rings (SSSR count). The molecule has 0 bridgehead atoms. The molecule has 2 aromatic carbocycles. The molecule has 5 aromatic rings. The van der Waals surface area contributed by atoms with Gasteiger partial charge in [0.2, 0.25) is 11.5 Å². The highest BCUT2D eigenvalue weighted by Crippen LogP contribution is 2.46. The van der Waals surface area contributed by atoms with Crippen LogP contribution in [0.15, 0.2) is 30.3 Å². The second-order valence-electron chi connectivity index (χ2n) is 32.0. The van der Waals surface area contributed by atoms with E-state index in [0.717, 1.165) is 116 Å². The number of aromatic nitrogens is 4. The first-order chi connectivity index (χ1) is 53.7. The van der Waals surface area contributed by atoms with E-state index in [0.29, 0.717) is 85.3 Å². The van der Waals surface area contributed by atoms with Gasteiger partial charge in [-0.1, -0.05) is 388 Å². The molecular formula is C95H158F4N4O6. The second kappa shape index (κ2) is 63.2. The Morgan fingerprint density at radius 1 is 0.229 bits per heavy atom.